The van der Waals surface area contributed by atoms with Gasteiger partial charge in [-0.15, -0.1) is 0 Å². The molecule has 1 fully saturated rings. The molecule has 2 atom stereocenters. The van der Waals surface area contributed by atoms with Crippen molar-refractivity contribution in [3.63, 3.8) is 0 Å². The molecule has 0 amide bonds. The standard InChI is InChI=1S/C27H22Cl3NO3/c28-22-7-4-8-23(29)26(22)27-21(25(11-12-32)34-31-27)15-33-17-9-10-18(24(30)13-17)20-14-19(20)16-5-2-1-3-6-16/h1-10,13,19-20,32H,11-12,14-15H2. The second kappa shape index (κ2) is 10.0. The third kappa shape index (κ3) is 4.69. The highest BCUT2D eigenvalue weighted by atomic mass is 35.5. The lowest BCUT2D eigenvalue weighted by Crippen LogP contribution is -2.02. The first-order chi connectivity index (χ1) is 16.6. The van der Waals surface area contributed by atoms with Gasteiger partial charge in [-0.25, -0.2) is 0 Å². The molecule has 4 nitrogen and oxygen atoms in total. The summed E-state index contributed by atoms with van der Waals surface area (Å²) in [7, 11) is 0. The maximum absolute atomic E-state index is 9.45. The van der Waals surface area contributed by atoms with Crippen LogP contribution in [0.25, 0.3) is 11.3 Å². The van der Waals surface area contributed by atoms with E-state index < -0.39 is 0 Å². The average molecular weight is 515 g/mol. The Kier molecular flexibility index (Phi) is 6.84. The number of hydrogen-bond acceptors (Lipinski definition) is 4. The number of benzene rings is 3. The number of hydrogen-bond donors (Lipinski definition) is 1. The molecule has 1 N–H and O–H groups in total. The molecule has 174 valence electrons. The van der Waals surface area contributed by atoms with Gasteiger partial charge in [0.25, 0.3) is 0 Å². The molecule has 1 heterocycles. The molecule has 0 saturated heterocycles. The van der Waals surface area contributed by atoms with Gasteiger partial charge in [0.2, 0.25) is 0 Å². The fourth-order valence-corrected chi connectivity index (χ4v) is 5.26. The van der Waals surface area contributed by atoms with Gasteiger partial charge in [0.05, 0.1) is 22.2 Å². The highest BCUT2D eigenvalue weighted by Crippen LogP contribution is 2.56. The lowest BCUT2D eigenvalue weighted by Gasteiger charge is -2.11. The Morgan fingerprint density at radius 1 is 0.912 bits per heavy atom. The first-order valence-corrected chi connectivity index (χ1v) is 12.2. The second-order valence-corrected chi connectivity index (χ2v) is 9.56. The van der Waals surface area contributed by atoms with E-state index in [4.69, 9.17) is 44.1 Å². The van der Waals surface area contributed by atoms with Crippen molar-refractivity contribution in [1.29, 1.82) is 0 Å². The molecule has 1 saturated carbocycles. The van der Waals surface area contributed by atoms with Crippen molar-refractivity contribution in [2.45, 2.75) is 31.3 Å². The minimum atomic E-state index is -0.0810. The molecule has 7 heteroatoms. The van der Waals surface area contributed by atoms with Gasteiger partial charge in [-0.05, 0) is 53.6 Å². The molecule has 0 bridgehead atoms. The van der Waals surface area contributed by atoms with Crippen molar-refractivity contribution >= 4 is 34.8 Å². The summed E-state index contributed by atoms with van der Waals surface area (Å²) in [5.41, 5.74) is 4.25. The van der Waals surface area contributed by atoms with Crippen molar-refractivity contribution in [1.82, 2.24) is 5.16 Å². The Labute approximate surface area is 213 Å². The van der Waals surface area contributed by atoms with Gasteiger partial charge < -0.3 is 14.4 Å². The van der Waals surface area contributed by atoms with E-state index in [1.165, 1.54) is 5.56 Å². The van der Waals surface area contributed by atoms with Crippen molar-refractivity contribution in [2.75, 3.05) is 6.61 Å². The summed E-state index contributed by atoms with van der Waals surface area (Å²) in [6, 6.07) is 21.6. The Morgan fingerprint density at radius 2 is 1.68 bits per heavy atom. The zero-order chi connectivity index (χ0) is 23.7. The summed E-state index contributed by atoms with van der Waals surface area (Å²) < 4.78 is 11.6. The number of nitrogens with zero attached hydrogens (tertiary/aromatic N) is 1. The van der Waals surface area contributed by atoms with Gasteiger partial charge in [-0.1, -0.05) is 82.4 Å². The molecular weight excluding hydrogens is 493 g/mol. The molecule has 1 aliphatic rings. The molecule has 34 heavy (non-hydrogen) atoms. The largest absolute Gasteiger partial charge is 0.489 e. The Bertz CT molecular complexity index is 1290. The van der Waals surface area contributed by atoms with Crippen LogP contribution in [0.15, 0.2) is 71.3 Å². The molecule has 1 aromatic heterocycles. The van der Waals surface area contributed by atoms with E-state index in [9.17, 15) is 5.11 Å². The van der Waals surface area contributed by atoms with Gasteiger partial charge in [0.15, 0.2) is 0 Å². The van der Waals surface area contributed by atoms with E-state index in [1.54, 1.807) is 18.2 Å². The van der Waals surface area contributed by atoms with Crippen LogP contribution < -0.4 is 4.74 Å². The Balaban J connectivity index is 1.35. The second-order valence-electron chi connectivity index (χ2n) is 8.33. The highest BCUT2D eigenvalue weighted by Gasteiger charge is 2.40. The Morgan fingerprint density at radius 3 is 2.38 bits per heavy atom. The first kappa shape index (κ1) is 23.3. The third-order valence-corrected chi connectivity index (χ3v) is 7.14. The molecule has 2 unspecified atom stereocenters. The van der Waals surface area contributed by atoms with Crippen molar-refractivity contribution in [2.24, 2.45) is 0 Å². The number of ether oxygens (including phenoxy) is 1. The minimum Gasteiger partial charge on any atom is -0.489 e. The van der Waals surface area contributed by atoms with Gasteiger partial charge >= 0.3 is 0 Å². The number of halogens is 3. The SMILES string of the molecule is OCCc1onc(-c2c(Cl)cccc2Cl)c1COc1ccc(C2CC2c2ccccc2)c(Cl)c1. The van der Waals surface area contributed by atoms with Crippen LogP contribution in [0.4, 0.5) is 0 Å². The zero-order valence-electron chi connectivity index (χ0n) is 18.2. The van der Waals surface area contributed by atoms with E-state index in [0.29, 0.717) is 61.7 Å². The van der Waals surface area contributed by atoms with Gasteiger partial charge in [0, 0.05) is 17.0 Å². The quantitative estimate of drug-likeness (QED) is 0.262. The molecule has 0 radical (unpaired) electrons. The monoisotopic (exact) mass is 513 g/mol. The van der Waals surface area contributed by atoms with Crippen LogP contribution in [0, 0.1) is 0 Å². The number of aliphatic hydroxyl groups excluding tert-OH is 1. The number of rotatable bonds is 8. The van der Waals surface area contributed by atoms with Gasteiger partial charge in [-0.2, -0.15) is 0 Å². The van der Waals surface area contributed by atoms with Crippen molar-refractivity contribution < 1.29 is 14.4 Å². The van der Waals surface area contributed by atoms with E-state index >= 15 is 0 Å². The average Bonchev–Trinajstić information content (AvgIpc) is 3.53. The molecule has 4 aromatic rings. The zero-order valence-corrected chi connectivity index (χ0v) is 20.4. The summed E-state index contributed by atoms with van der Waals surface area (Å²) in [6.45, 7) is 0.0871. The lowest BCUT2D eigenvalue weighted by molar-refractivity contribution is 0.269. The van der Waals surface area contributed by atoms with Gasteiger partial charge in [0.1, 0.15) is 23.8 Å². The van der Waals surface area contributed by atoms with E-state index in [2.05, 4.69) is 29.4 Å². The maximum Gasteiger partial charge on any atom is 0.146 e. The van der Waals surface area contributed by atoms with Crippen LogP contribution >= 0.6 is 34.8 Å². The fourth-order valence-electron chi connectivity index (χ4n) is 4.37. The van der Waals surface area contributed by atoms with E-state index in [1.807, 2.05) is 24.3 Å². The van der Waals surface area contributed by atoms with Crippen molar-refractivity contribution in [3.8, 4) is 17.0 Å². The molecular formula is C27H22Cl3NO3. The summed E-state index contributed by atoms with van der Waals surface area (Å²) in [6.07, 6.45) is 1.40. The molecule has 3 aromatic carbocycles. The van der Waals surface area contributed by atoms with Gasteiger partial charge in [-0.3, -0.25) is 0 Å². The predicted molar refractivity (Wildman–Crippen MR) is 135 cm³/mol. The molecule has 0 spiro atoms. The van der Waals surface area contributed by atoms with Crippen molar-refractivity contribution in [3.05, 3.63) is 104 Å². The molecule has 1 aliphatic carbocycles. The predicted octanol–water partition coefficient (Wildman–Crippen LogP) is 7.69. The topological polar surface area (TPSA) is 55.5 Å². The van der Waals surface area contributed by atoms with Crippen LogP contribution in [0.2, 0.25) is 15.1 Å². The van der Waals surface area contributed by atoms with Crippen LogP contribution in [0.5, 0.6) is 5.75 Å². The van der Waals surface area contributed by atoms with Crippen LogP contribution in [-0.4, -0.2) is 16.9 Å². The summed E-state index contributed by atoms with van der Waals surface area (Å²) >= 11 is 19.4. The molecule has 0 aliphatic heterocycles. The fraction of sp³-hybridized carbons (Fsp3) is 0.222. The smallest absolute Gasteiger partial charge is 0.146 e. The molecule has 5 rings (SSSR count). The summed E-state index contributed by atoms with van der Waals surface area (Å²) in [5.74, 6) is 2.09. The lowest BCUT2D eigenvalue weighted by atomic mass is 10.0. The summed E-state index contributed by atoms with van der Waals surface area (Å²) in [4.78, 5) is 0. The van der Waals surface area contributed by atoms with Crippen LogP contribution in [0.1, 0.15) is 40.7 Å². The Hall–Kier alpha value is -2.50. The van der Waals surface area contributed by atoms with E-state index in [-0.39, 0.29) is 13.2 Å². The minimum absolute atomic E-state index is 0.0810. The van der Waals surface area contributed by atoms with Crippen LogP contribution in [-0.2, 0) is 13.0 Å². The highest BCUT2D eigenvalue weighted by molar-refractivity contribution is 6.39. The third-order valence-electron chi connectivity index (χ3n) is 6.18. The summed E-state index contributed by atoms with van der Waals surface area (Å²) in [5, 5.41) is 15.2. The number of aromatic nitrogens is 1. The first-order valence-electron chi connectivity index (χ1n) is 11.1. The van der Waals surface area contributed by atoms with E-state index in [0.717, 1.165) is 12.0 Å². The maximum atomic E-state index is 9.45. The van der Waals surface area contributed by atoms with Crippen LogP contribution in [0.3, 0.4) is 0 Å². The normalized spacial score (nSPS) is 17.1. The number of aliphatic hydroxyl groups is 1.